The normalized spacial score (nSPS) is 11.5. The van der Waals surface area contributed by atoms with Crippen molar-refractivity contribution in [2.75, 3.05) is 19.5 Å². The lowest BCUT2D eigenvalue weighted by Crippen LogP contribution is -2.25. The third-order valence-corrected chi connectivity index (χ3v) is 4.12. The number of hydrogen-bond acceptors (Lipinski definition) is 4. The number of methoxy groups -OCH3 is 1. The van der Waals surface area contributed by atoms with Gasteiger partial charge in [0.1, 0.15) is 0 Å². The van der Waals surface area contributed by atoms with Crippen LogP contribution in [-0.2, 0) is 11.3 Å². The molecule has 2 rings (SSSR count). The Morgan fingerprint density at radius 3 is 2.86 bits per heavy atom. The molecule has 0 aliphatic rings. The Balaban J connectivity index is 2.53. The maximum Gasteiger partial charge on any atom is 0.262 e. The molecule has 0 N–H and O–H groups in total. The molecular formula is C15H19ClN2O2S. The largest absolute Gasteiger partial charge is 0.384 e. The zero-order valence-electron chi connectivity index (χ0n) is 12.4. The lowest BCUT2D eigenvalue weighted by atomic mass is 10.2. The van der Waals surface area contributed by atoms with Gasteiger partial charge in [0, 0.05) is 24.4 Å². The van der Waals surface area contributed by atoms with Crippen LogP contribution in [0.25, 0.3) is 10.9 Å². The molecular weight excluding hydrogens is 308 g/mol. The summed E-state index contributed by atoms with van der Waals surface area (Å²) in [6.07, 6.45) is 0. The van der Waals surface area contributed by atoms with Crippen LogP contribution < -0.4 is 5.56 Å². The van der Waals surface area contributed by atoms with Gasteiger partial charge in [-0.05, 0) is 24.1 Å². The maximum absolute atomic E-state index is 12.7. The van der Waals surface area contributed by atoms with Crippen LogP contribution in [0.2, 0.25) is 5.02 Å². The molecule has 0 amide bonds. The molecule has 0 radical (unpaired) electrons. The smallest absolute Gasteiger partial charge is 0.262 e. The van der Waals surface area contributed by atoms with Gasteiger partial charge in [-0.15, -0.1) is 0 Å². The lowest BCUT2D eigenvalue weighted by molar-refractivity contribution is 0.218. The van der Waals surface area contributed by atoms with Crippen LogP contribution in [0, 0.1) is 5.92 Å². The summed E-state index contributed by atoms with van der Waals surface area (Å²) in [5.74, 6) is 1.13. The molecule has 1 heterocycles. The van der Waals surface area contributed by atoms with Crippen molar-refractivity contribution in [2.45, 2.75) is 25.5 Å². The molecule has 0 bridgehead atoms. The van der Waals surface area contributed by atoms with E-state index in [4.69, 9.17) is 16.3 Å². The molecule has 4 nitrogen and oxygen atoms in total. The average molecular weight is 327 g/mol. The van der Waals surface area contributed by atoms with Crippen molar-refractivity contribution < 1.29 is 4.74 Å². The number of halogens is 1. The van der Waals surface area contributed by atoms with Gasteiger partial charge >= 0.3 is 0 Å². The first kappa shape index (κ1) is 16.3. The SMILES string of the molecule is COCCSc1nc2ccc(Cl)cc2c(=O)n1CC(C)C. The number of hydrogen-bond donors (Lipinski definition) is 0. The van der Waals surface area contributed by atoms with Gasteiger partial charge in [-0.2, -0.15) is 0 Å². The molecule has 0 unspecified atom stereocenters. The Hall–Kier alpha value is -1.04. The molecule has 1 aromatic heterocycles. The van der Waals surface area contributed by atoms with Crippen molar-refractivity contribution in [3.63, 3.8) is 0 Å². The molecule has 0 saturated heterocycles. The highest BCUT2D eigenvalue weighted by molar-refractivity contribution is 7.99. The minimum absolute atomic E-state index is 0.0314. The fraction of sp³-hybridized carbons (Fsp3) is 0.467. The van der Waals surface area contributed by atoms with E-state index < -0.39 is 0 Å². The first-order chi connectivity index (χ1) is 10.0. The van der Waals surface area contributed by atoms with Crippen molar-refractivity contribution >= 4 is 34.3 Å². The zero-order valence-corrected chi connectivity index (χ0v) is 14.0. The quantitative estimate of drug-likeness (QED) is 0.463. The topological polar surface area (TPSA) is 44.1 Å². The molecule has 114 valence electrons. The number of nitrogens with zero attached hydrogens (tertiary/aromatic N) is 2. The number of fused-ring (bicyclic) bond motifs is 1. The number of rotatable bonds is 6. The molecule has 0 spiro atoms. The summed E-state index contributed by atoms with van der Waals surface area (Å²) in [5, 5.41) is 1.86. The van der Waals surface area contributed by atoms with E-state index in [-0.39, 0.29) is 5.56 Å². The summed E-state index contributed by atoms with van der Waals surface area (Å²) in [7, 11) is 1.66. The van der Waals surface area contributed by atoms with Gasteiger partial charge in [0.05, 0.1) is 17.5 Å². The van der Waals surface area contributed by atoms with Gasteiger partial charge in [0.2, 0.25) is 0 Å². The Kier molecular flexibility index (Phi) is 5.67. The molecule has 0 fully saturated rings. The predicted molar refractivity (Wildman–Crippen MR) is 88.5 cm³/mol. The first-order valence-electron chi connectivity index (χ1n) is 6.84. The van der Waals surface area contributed by atoms with Gasteiger partial charge in [0.25, 0.3) is 5.56 Å². The number of aromatic nitrogens is 2. The van der Waals surface area contributed by atoms with Crippen LogP contribution >= 0.6 is 23.4 Å². The van der Waals surface area contributed by atoms with Crippen molar-refractivity contribution in [2.24, 2.45) is 5.92 Å². The van der Waals surface area contributed by atoms with E-state index in [0.717, 1.165) is 10.9 Å². The van der Waals surface area contributed by atoms with E-state index in [2.05, 4.69) is 18.8 Å². The van der Waals surface area contributed by atoms with Crippen LogP contribution in [0.5, 0.6) is 0 Å². The third-order valence-electron chi connectivity index (χ3n) is 2.95. The van der Waals surface area contributed by atoms with Crippen LogP contribution in [0.1, 0.15) is 13.8 Å². The lowest BCUT2D eigenvalue weighted by Gasteiger charge is -2.14. The highest BCUT2D eigenvalue weighted by Crippen LogP contribution is 2.21. The van der Waals surface area contributed by atoms with E-state index in [1.165, 1.54) is 0 Å². The number of ether oxygens (including phenoxy) is 1. The highest BCUT2D eigenvalue weighted by atomic mass is 35.5. The Morgan fingerprint density at radius 2 is 2.19 bits per heavy atom. The van der Waals surface area contributed by atoms with Gasteiger partial charge in [-0.3, -0.25) is 9.36 Å². The van der Waals surface area contributed by atoms with Crippen molar-refractivity contribution in [3.8, 4) is 0 Å². The summed E-state index contributed by atoms with van der Waals surface area (Å²) >= 11 is 7.53. The molecule has 1 aromatic carbocycles. The minimum atomic E-state index is -0.0314. The van der Waals surface area contributed by atoms with E-state index in [9.17, 15) is 4.79 Å². The molecule has 0 saturated carbocycles. The van der Waals surface area contributed by atoms with Crippen LogP contribution in [0.3, 0.4) is 0 Å². The van der Waals surface area contributed by atoms with Crippen LogP contribution in [0.4, 0.5) is 0 Å². The Morgan fingerprint density at radius 1 is 1.43 bits per heavy atom. The standard InChI is InChI=1S/C15H19ClN2O2S/c1-10(2)9-18-14(19)12-8-11(16)4-5-13(12)17-15(18)21-7-6-20-3/h4-5,8,10H,6-7,9H2,1-3H3. The van der Waals surface area contributed by atoms with Crippen molar-refractivity contribution in [3.05, 3.63) is 33.6 Å². The summed E-state index contributed by atoms with van der Waals surface area (Å²) in [5.41, 5.74) is 0.653. The molecule has 0 atom stereocenters. The second-order valence-corrected chi connectivity index (χ2v) is 6.71. The molecule has 0 aliphatic carbocycles. The van der Waals surface area contributed by atoms with Gasteiger partial charge in [-0.25, -0.2) is 4.98 Å². The molecule has 2 aromatic rings. The fourth-order valence-corrected chi connectivity index (χ4v) is 3.11. The summed E-state index contributed by atoms with van der Waals surface area (Å²) in [6, 6.07) is 5.23. The van der Waals surface area contributed by atoms with Gasteiger partial charge in [-0.1, -0.05) is 37.2 Å². The second-order valence-electron chi connectivity index (χ2n) is 5.21. The number of thioether (sulfide) groups is 1. The van der Waals surface area contributed by atoms with Crippen molar-refractivity contribution in [1.82, 2.24) is 9.55 Å². The third kappa shape index (κ3) is 3.99. The van der Waals surface area contributed by atoms with Crippen LogP contribution in [-0.4, -0.2) is 29.0 Å². The fourth-order valence-electron chi connectivity index (χ4n) is 2.03. The van der Waals surface area contributed by atoms with E-state index >= 15 is 0 Å². The minimum Gasteiger partial charge on any atom is -0.384 e. The average Bonchev–Trinajstić information content (AvgIpc) is 2.43. The summed E-state index contributed by atoms with van der Waals surface area (Å²) < 4.78 is 6.80. The Labute approximate surface area is 133 Å². The van der Waals surface area contributed by atoms with Crippen LogP contribution in [0.15, 0.2) is 28.2 Å². The Bertz CT molecular complexity index is 685. The maximum atomic E-state index is 12.7. The van der Waals surface area contributed by atoms with Gasteiger partial charge in [0.15, 0.2) is 5.16 Å². The monoisotopic (exact) mass is 326 g/mol. The number of benzene rings is 1. The van der Waals surface area contributed by atoms with E-state index in [1.54, 1.807) is 41.6 Å². The molecule has 21 heavy (non-hydrogen) atoms. The predicted octanol–water partition coefficient (Wildman–Crippen LogP) is 3.44. The van der Waals surface area contributed by atoms with Gasteiger partial charge < -0.3 is 4.74 Å². The molecule has 0 aliphatic heterocycles. The summed E-state index contributed by atoms with van der Waals surface area (Å²) in [4.78, 5) is 17.3. The van der Waals surface area contributed by atoms with E-state index in [1.807, 2.05) is 0 Å². The zero-order chi connectivity index (χ0) is 15.4. The van der Waals surface area contributed by atoms with Crippen molar-refractivity contribution in [1.29, 1.82) is 0 Å². The molecule has 6 heteroatoms. The highest BCUT2D eigenvalue weighted by Gasteiger charge is 2.13. The van der Waals surface area contributed by atoms with E-state index in [0.29, 0.717) is 35.0 Å². The second kappa shape index (κ2) is 7.29. The summed E-state index contributed by atoms with van der Waals surface area (Å²) in [6.45, 7) is 5.43. The first-order valence-corrected chi connectivity index (χ1v) is 8.21.